The first kappa shape index (κ1) is 13.6. The first-order valence-corrected chi connectivity index (χ1v) is 7.01. The second-order valence-corrected chi connectivity index (χ2v) is 5.26. The summed E-state index contributed by atoms with van der Waals surface area (Å²) in [5, 5.41) is 14.3. The van der Waals surface area contributed by atoms with Crippen molar-refractivity contribution in [2.75, 3.05) is 0 Å². The predicted molar refractivity (Wildman–Crippen MR) is 84.4 cm³/mol. The molecule has 3 rings (SSSR count). The largest absolute Gasteiger partial charge is 0.392 e. The van der Waals surface area contributed by atoms with E-state index in [-0.39, 0.29) is 6.61 Å². The highest BCUT2D eigenvalue weighted by Crippen LogP contribution is 2.25. The third-order valence-electron chi connectivity index (χ3n) is 3.65. The lowest BCUT2D eigenvalue weighted by Gasteiger charge is -2.04. The van der Waals surface area contributed by atoms with Crippen LogP contribution in [0.5, 0.6) is 0 Å². The highest BCUT2D eigenvalue weighted by Gasteiger charge is 2.12. The molecule has 1 heterocycles. The number of aryl methyl sites for hydroxylation is 2. The van der Waals surface area contributed by atoms with Crippen LogP contribution in [0.4, 0.5) is 0 Å². The number of benzene rings is 2. The Labute approximate surface area is 124 Å². The maximum atomic E-state index is 9.61. The first-order valence-electron chi connectivity index (χ1n) is 7.01. The predicted octanol–water partition coefficient (Wildman–Crippen LogP) is 3.65. The van der Waals surface area contributed by atoms with E-state index in [1.54, 1.807) is 0 Å². The van der Waals surface area contributed by atoms with Crippen LogP contribution in [0.2, 0.25) is 0 Å². The summed E-state index contributed by atoms with van der Waals surface area (Å²) in [6, 6.07) is 16.3. The Morgan fingerprint density at radius 2 is 1.71 bits per heavy atom. The fourth-order valence-corrected chi connectivity index (χ4v) is 2.42. The van der Waals surface area contributed by atoms with Gasteiger partial charge in [0.05, 0.1) is 18.0 Å². The Balaban J connectivity index is 2.11. The van der Waals surface area contributed by atoms with E-state index in [9.17, 15) is 5.11 Å². The molecule has 0 saturated heterocycles. The number of hydrogen-bond donors (Lipinski definition) is 1. The Hall–Kier alpha value is -2.39. The number of nitrogens with zero attached hydrogens (tertiary/aromatic N) is 2. The first-order chi connectivity index (χ1) is 10.2. The molecule has 1 aromatic heterocycles. The van der Waals surface area contributed by atoms with Crippen LogP contribution in [0.1, 0.15) is 16.7 Å². The van der Waals surface area contributed by atoms with E-state index < -0.39 is 0 Å². The van der Waals surface area contributed by atoms with Crippen LogP contribution in [0.25, 0.3) is 16.9 Å². The van der Waals surface area contributed by atoms with E-state index in [0.29, 0.717) is 0 Å². The second kappa shape index (κ2) is 5.54. The number of hydrogen-bond acceptors (Lipinski definition) is 2. The molecule has 3 nitrogen and oxygen atoms in total. The van der Waals surface area contributed by atoms with Crippen LogP contribution < -0.4 is 0 Å². The van der Waals surface area contributed by atoms with Gasteiger partial charge >= 0.3 is 0 Å². The fraction of sp³-hybridized carbons (Fsp3) is 0.167. The Morgan fingerprint density at radius 3 is 2.38 bits per heavy atom. The lowest BCUT2D eigenvalue weighted by molar-refractivity contribution is 0.282. The number of para-hydroxylation sites is 1. The summed E-state index contributed by atoms with van der Waals surface area (Å²) in [4.78, 5) is 0. The quantitative estimate of drug-likeness (QED) is 0.794. The molecule has 0 amide bonds. The van der Waals surface area contributed by atoms with Gasteiger partial charge in [-0.05, 0) is 25.5 Å². The Bertz CT molecular complexity index is 757. The van der Waals surface area contributed by atoms with Gasteiger partial charge in [-0.25, -0.2) is 4.68 Å². The molecule has 1 N–H and O–H groups in total. The average Bonchev–Trinajstić information content (AvgIpc) is 2.92. The summed E-state index contributed by atoms with van der Waals surface area (Å²) in [6.45, 7) is 4.10. The Kier molecular flexibility index (Phi) is 3.59. The van der Waals surface area contributed by atoms with E-state index in [1.807, 2.05) is 41.2 Å². The van der Waals surface area contributed by atoms with Gasteiger partial charge < -0.3 is 5.11 Å². The van der Waals surface area contributed by atoms with Crippen LogP contribution in [0, 0.1) is 13.8 Å². The molecule has 106 valence electrons. The molecule has 0 aliphatic rings. The zero-order chi connectivity index (χ0) is 14.8. The normalized spacial score (nSPS) is 10.8. The lowest BCUT2D eigenvalue weighted by Crippen LogP contribution is -1.97. The highest BCUT2D eigenvalue weighted by molar-refractivity contribution is 5.63. The van der Waals surface area contributed by atoms with E-state index in [4.69, 9.17) is 0 Å². The average molecular weight is 278 g/mol. The van der Waals surface area contributed by atoms with E-state index in [1.165, 1.54) is 5.56 Å². The zero-order valence-electron chi connectivity index (χ0n) is 12.2. The minimum Gasteiger partial charge on any atom is -0.392 e. The summed E-state index contributed by atoms with van der Waals surface area (Å²) in [7, 11) is 0. The molecule has 21 heavy (non-hydrogen) atoms. The van der Waals surface area contributed by atoms with Gasteiger partial charge in [-0.3, -0.25) is 0 Å². The zero-order valence-corrected chi connectivity index (χ0v) is 12.2. The fourth-order valence-electron chi connectivity index (χ4n) is 2.42. The van der Waals surface area contributed by atoms with Gasteiger partial charge in [0.25, 0.3) is 0 Å². The smallest absolute Gasteiger partial charge is 0.0982 e. The number of rotatable bonds is 3. The van der Waals surface area contributed by atoms with Gasteiger partial charge in [-0.15, -0.1) is 0 Å². The van der Waals surface area contributed by atoms with E-state index in [2.05, 4.69) is 37.1 Å². The molecular formula is C18H18N2O. The lowest BCUT2D eigenvalue weighted by atomic mass is 10.1. The summed E-state index contributed by atoms with van der Waals surface area (Å²) >= 11 is 0. The van der Waals surface area contributed by atoms with Gasteiger partial charge in [0.1, 0.15) is 0 Å². The molecule has 0 spiro atoms. The van der Waals surface area contributed by atoms with Gasteiger partial charge in [0.2, 0.25) is 0 Å². The number of aliphatic hydroxyl groups is 1. The molecule has 0 saturated carbocycles. The van der Waals surface area contributed by atoms with Crippen molar-refractivity contribution in [2.45, 2.75) is 20.5 Å². The van der Waals surface area contributed by atoms with Crippen LogP contribution in [0.15, 0.2) is 54.7 Å². The summed E-state index contributed by atoms with van der Waals surface area (Å²) < 4.78 is 1.84. The molecule has 0 bridgehead atoms. The molecule has 0 unspecified atom stereocenters. The molecular weight excluding hydrogens is 260 g/mol. The van der Waals surface area contributed by atoms with Crippen LogP contribution >= 0.6 is 0 Å². The van der Waals surface area contributed by atoms with Crippen LogP contribution in [0.3, 0.4) is 0 Å². The highest BCUT2D eigenvalue weighted by atomic mass is 16.3. The Morgan fingerprint density at radius 1 is 1.00 bits per heavy atom. The molecule has 3 heteroatoms. The van der Waals surface area contributed by atoms with Crippen LogP contribution in [-0.4, -0.2) is 14.9 Å². The monoisotopic (exact) mass is 278 g/mol. The van der Waals surface area contributed by atoms with Crippen molar-refractivity contribution in [1.29, 1.82) is 0 Å². The van der Waals surface area contributed by atoms with E-state index >= 15 is 0 Å². The number of aromatic nitrogens is 2. The van der Waals surface area contributed by atoms with Crippen molar-refractivity contribution >= 4 is 0 Å². The molecule has 0 atom stereocenters. The van der Waals surface area contributed by atoms with Crippen molar-refractivity contribution in [3.8, 4) is 16.9 Å². The van der Waals surface area contributed by atoms with Crippen molar-refractivity contribution in [3.63, 3.8) is 0 Å². The SMILES string of the molecule is Cc1ccc(-c2nn(-c3ccccc3C)cc2CO)cc1. The standard InChI is InChI=1S/C18H18N2O/c1-13-7-9-15(10-8-13)18-16(12-21)11-20(19-18)17-6-4-3-5-14(17)2/h3-11,21H,12H2,1-2H3. The van der Waals surface area contributed by atoms with Crippen molar-refractivity contribution in [2.24, 2.45) is 0 Å². The molecule has 3 aromatic rings. The van der Waals surface area contributed by atoms with Crippen molar-refractivity contribution in [1.82, 2.24) is 9.78 Å². The van der Waals surface area contributed by atoms with Gasteiger partial charge in [-0.1, -0.05) is 48.0 Å². The molecule has 0 fully saturated rings. The molecule has 0 aliphatic heterocycles. The molecule has 0 aliphatic carbocycles. The second-order valence-electron chi connectivity index (χ2n) is 5.26. The van der Waals surface area contributed by atoms with E-state index in [0.717, 1.165) is 28.1 Å². The summed E-state index contributed by atoms with van der Waals surface area (Å²) in [5.41, 5.74) is 6.09. The minimum atomic E-state index is -0.0188. The maximum Gasteiger partial charge on any atom is 0.0982 e. The van der Waals surface area contributed by atoms with Crippen molar-refractivity contribution in [3.05, 3.63) is 71.4 Å². The van der Waals surface area contributed by atoms with Gasteiger partial charge in [-0.2, -0.15) is 5.10 Å². The van der Waals surface area contributed by atoms with Crippen LogP contribution in [-0.2, 0) is 6.61 Å². The van der Waals surface area contributed by atoms with Gasteiger partial charge in [0, 0.05) is 17.3 Å². The molecule has 2 aromatic carbocycles. The summed E-state index contributed by atoms with van der Waals surface area (Å²) in [6.07, 6.45) is 1.90. The minimum absolute atomic E-state index is 0.0188. The molecule has 0 radical (unpaired) electrons. The number of aliphatic hydroxyl groups excluding tert-OH is 1. The topological polar surface area (TPSA) is 38.0 Å². The van der Waals surface area contributed by atoms with Gasteiger partial charge in [0.15, 0.2) is 0 Å². The third kappa shape index (κ3) is 2.60. The maximum absolute atomic E-state index is 9.61. The third-order valence-corrected chi connectivity index (χ3v) is 3.65. The summed E-state index contributed by atoms with van der Waals surface area (Å²) in [5.74, 6) is 0. The van der Waals surface area contributed by atoms with Crippen molar-refractivity contribution < 1.29 is 5.11 Å².